The van der Waals surface area contributed by atoms with E-state index in [2.05, 4.69) is 30.7 Å². The van der Waals surface area contributed by atoms with Crippen LogP contribution in [0.3, 0.4) is 0 Å². The maximum atomic E-state index is 13.2. The highest BCUT2D eigenvalue weighted by Gasteiger charge is 2.15. The zero-order valence-corrected chi connectivity index (χ0v) is 16.4. The van der Waals surface area contributed by atoms with Crippen LogP contribution in [0.4, 0.5) is 4.39 Å². The SMILES string of the molecule is CCNC(=NCc1nnc2ccccn12)NCC(c1ccc(F)cc1)N(C)C. The van der Waals surface area contributed by atoms with Gasteiger partial charge < -0.3 is 15.5 Å². The minimum Gasteiger partial charge on any atom is -0.357 e. The van der Waals surface area contributed by atoms with Crippen LogP contribution < -0.4 is 10.6 Å². The zero-order chi connectivity index (χ0) is 19.9. The van der Waals surface area contributed by atoms with Crippen LogP contribution in [0.5, 0.6) is 0 Å². The summed E-state index contributed by atoms with van der Waals surface area (Å²) >= 11 is 0. The van der Waals surface area contributed by atoms with Crippen LogP contribution in [-0.4, -0.2) is 52.6 Å². The molecule has 8 heteroatoms. The van der Waals surface area contributed by atoms with E-state index in [1.807, 2.05) is 61.9 Å². The summed E-state index contributed by atoms with van der Waals surface area (Å²) in [6.07, 6.45) is 1.93. The molecule has 7 nitrogen and oxygen atoms in total. The first kappa shape index (κ1) is 19.8. The molecule has 1 atom stereocenters. The molecule has 0 saturated heterocycles. The molecule has 28 heavy (non-hydrogen) atoms. The fourth-order valence-corrected chi connectivity index (χ4v) is 2.97. The highest BCUT2D eigenvalue weighted by atomic mass is 19.1. The number of benzene rings is 1. The van der Waals surface area contributed by atoms with Gasteiger partial charge in [0.15, 0.2) is 17.4 Å². The first-order valence-corrected chi connectivity index (χ1v) is 9.31. The average Bonchev–Trinajstić information content (AvgIpc) is 3.10. The second-order valence-electron chi connectivity index (χ2n) is 6.65. The molecule has 148 valence electrons. The van der Waals surface area contributed by atoms with E-state index in [0.29, 0.717) is 19.0 Å². The number of rotatable bonds is 7. The topological polar surface area (TPSA) is 69.8 Å². The molecule has 2 aromatic heterocycles. The van der Waals surface area contributed by atoms with E-state index in [9.17, 15) is 4.39 Å². The Morgan fingerprint density at radius 2 is 1.93 bits per heavy atom. The molecular formula is C20H26FN7. The molecular weight excluding hydrogens is 357 g/mol. The maximum absolute atomic E-state index is 13.2. The number of guanidine groups is 1. The smallest absolute Gasteiger partial charge is 0.191 e. The molecule has 0 spiro atoms. The fraction of sp³-hybridized carbons (Fsp3) is 0.350. The van der Waals surface area contributed by atoms with Gasteiger partial charge in [-0.25, -0.2) is 9.38 Å². The van der Waals surface area contributed by atoms with Gasteiger partial charge in [0, 0.05) is 19.3 Å². The van der Waals surface area contributed by atoms with Crippen molar-refractivity contribution in [3.05, 3.63) is 65.9 Å². The Bertz CT molecular complexity index is 918. The second kappa shape index (κ2) is 9.27. The second-order valence-corrected chi connectivity index (χ2v) is 6.65. The molecule has 0 fully saturated rings. The summed E-state index contributed by atoms with van der Waals surface area (Å²) in [5, 5.41) is 15.0. The summed E-state index contributed by atoms with van der Waals surface area (Å²) in [5.74, 6) is 1.24. The molecule has 3 rings (SSSR count). The van der Waals surface area contributed by atoms with Gasteiger partial charge in [0.25, 0.3) is 0 Å². The van der Waals surface area contributed by atoms with Gasteiger partial charge >= 0.3 is 0 Å². The minimum atomic E-state index is -0.232. The number of halogens is 1. The molecule has 0 aliphatic rings. The Morgan fingerprint density at radius 1 is 1.14 bits per heavy atom. The molecule has 3 aromatic rings. The molecule has 1 aromatic carbocycles. The molecule has 0 radical (unpaired) electrons. The Hall–Kier alpha value is -3.00. The lowest BCUT2D eigenvalue weighted by Crippen LogP contribution is -2.41. The van der Waals surface area contributed by atoms with Gasteiger partial charge in [-0.15, -0.1) is 10.2 Å². The fourth-order valence-electron chi connectivity index (χ4n) is 2.97. The van der Waals surface area contributed by atoms with Crippen molar-refractivity contribution in [2.45, 2.75) is 19.5 Å². The number of nitrogens with one attached hydrogen (secondary N) is 2. The number of hydrogen-bond donors (Lipinski definition) is 2. The van der Waals surface area contributed by atoms with Crippen molar-refractivity contribution in [2.75, 3.05) is 27.2 Å². The molecule has 0 aliphatic heterocycles. The molecule has 0 aliphatic carbocycles. The van der Waals surface area contributed by atoms with E-state index in [4.69, 9.17) is 0 Å². The number of aliphatic imine (C=N–C) groups is 1. The summed E-state index contributed by atoms with van der Waals surface area (Å²) < 4.78 is 15.2. The van der Waals surface area contributed by atoms with Gasteiger partial charge in [-0.1, -0.05) is 18.2 Å². The predicted molar refractivity (Wildman–Crippen MR) is 109 cm³/mol. The van der Waals surface area contributed by atoms with Crippen molar-refractivity contribution in [2.24, 2.45) is 4.99 Å². The minimum absolute atomic E-state index is 0.0818. The van der Waals surface area contributed by atoms with Crippen LogP contribution in [0, 0.1) is 5.82 Å². The van der Waals surface area contributed by atoms with Crippen molar-refractivity contribution >= 4 is 11.6 Å². The van der Waals surface area contributed by atoms with Gasteiger partial charge in [0.05, 0.1) is 6.04 Å². The van der Waals surface area contributed by atoms with Crippen molar-refractivity contribution < 1.29 is 4.39 Å². The van der Waals surface area contributed by atoms with E-state index in [0.717, 1.165) is 23.6 Å². The maximum Gasteiger partial charge on any atom is 0.191 e. The number of nitrogens with zero attached hydrogens (tertiary/aromatic N) is 5. The lowest BCUT2D eigenvalue weighted by molar-refractivity contribution is 0.298. The first-order valence-electron chi connectivity index (χ1n) is 9.31. The Labute approximate surface area is 164 Å². The van der Waals surface area contributed by atoms with E-state index in [1.54, 1.807) is 0 Å². The van der Waals surface area contributed by atoms with E-state index >= 15 is 0 Å². The van der Waals surface area contributed by atoms with Crippen LogP contribution in [-0.2, 0) is 6.54 Å². The Morgan fingerprint density at radius 3 is 2.64 bits per heavy atom. The summed E-state index contributed by atoms with van der Waals surface area (Å²) in [4.78, 5) is 6.73. The van der Waals surface area contributed by atoms with Crippen LogP contribution in [0.15, 0.2) is 53.7 Å². The van der Waals surface area contributed by atoms with Crippen molar-refractivity contribution in [1.29, 1.82) is 0 Å². The average molecular weight is 383 g/mol. The summed E-state index contributed by atoms with van der Waals surface area (Å²) in [5.41, 5.74) is 1.84. The lowest BCUT2D eigenvalue weighted by atomic mass is 10.1. The van der Waals surface area contributed by atoms with E-state index in [-0.39, 0.29) is 11.9 Å². The number of fused-ring (bicyclic) bond motifs is 1. The van der Waals surface area contributed by atoms with Crippen LogP contribution in [0.25, 0.3) is 5.65 Å². The van der Waals surface area contributed by atoms with Crippen LogP contribution in [0.2, 0.25) is 0 Å². The van der Waals surface area contributed by atoms with Crippen LogP contribution in [0.1, 0.15) is 24.4 Å². The largest absolute Gasteiger partial charge is 0.357 e. The molecule has 2 N–H and O–H groups in total. The number of likely N-dealkylation sites (N-methyl/N-ethyl adjacent to an activating group) is 1. The third kappa shape index (κ3) is 4.83. The third-order valence-corrected chi connectivity index (χ3v) is 4.45. The normalized spacial score (nSPS) is 13.1. The molecule has 0 bridgehead atoms. The van der Waals surface area contributed by atoms with E-state index in [1.165, 1.54) is 12.1 Å². The monoisotopic (exact) mass is 383 g/mol. The number of pyridine rings is 1. The van der Waals surface area contributed by atoms with Crippen LogP contribution >= 0.6 is 0 Å². The lowest BCUT2D eigenvalue weighted by Gasteiger charge is -2.26. The van der Waals surface area contributed by atoms with Gasteiger partial charge in [-0.2, -0.15) is 0 Å². The van der Waals surface area contributed by atoms with Gasteiger partial charge in [0.2, 0.25) is 0 Å². The molecule has 0 saturated carbocycles. The highest BCUT2D eigenvalue weighted by molar-refractivity contribution is 5.79. The van der Waals surface area contributed by atoms with Gasteiger partial charge in [-0.05, 0) is 50.8 Å². The zero-order valence-electron chi connectivity index (χ0n) is 16.4. The van der Waals surface area contributed by atoms with Crippen molar-refractivity contribution in [3.63, 3.8) is 0 Å². The molecule has 0 amide bonds. The highest BCUT2D eigenvalue weighted by Crippen LogP contribution is 2.17. The summed E-state index contributed by atoms with van der Waals surface area (Å²) in [6, 6.07) is 12.5. The van der Waals surface area contributed by atoms with Crippen molar-refractivity contribution in [3.8, 4) is 0 Å². The molecule has 2 heterocycles. The third-order valence-electron chi connectivity index (χ3n) is 4.45. The van der Waals surface area contributed by atoms with Crippen molar-refractivity contribution in [1.82, 2.24) is 30.1 Å². The quantitative estimate of drug-likeness (QED) is 0.484. The Balaban J connectivity index is 1.70. The number of aromatic nitrogens is 3. The summed E-state index contributed by atoms with van der Waals surface area (Å²) in [7, 11) is 4.00. The standard InChI is InChI=1S/C20H26FN7/c1-4-22-20(24-14-19-26-25-18-7-5-6-12-28(18)19)23-13-17(27(2)3)15-8-10-16(21)11-9-15/h5-12,17H,4,13-14H2,1-3H3,(H2,22,23,24). The van der Waals surface area contributed by atoms with Gasteiger partial charge in [-0.3, -0.25) is 4.40 Å². The summed E-state index contributed by atoms with van der Waals surface area (Å²) in [6.45, 7) is 3.80. The Kier molecular flexibility index (Phi) is 6.54. The molecule has 1 unspecified atom stereocenters. The number of hydrogen-bond acceptors (Lipinski definition) is 4. The van der Waals surface area contributed by atoms with E-state index < -0.39 is 0 Å². The predicted octanol–water partition coefficient (Wildman–Crippen LogP) is 2.23. The first-order chi connectivity index (χ1) is 13.6. The van der Waals surface area contributed by atoms with Gasteiger partial charge in [0.1, 0.15) is 12.4 Å².